The van der Waals surface area contributed by atoms with Crippen LogP contribution in [0.25, 0.3) is 0 Å². The van der Waals surface area contributed by atoms with Crippen LogP contribution in [0.1, 0.15) is 0 Å². The largest absolute Gasteiger partial charge is 0.250 e. The summed E-state index contributed by atoms with van der Waals surface area (Å²) in [7, 11) is 0. The first-order valence-electron chi connectivity index (χ1n) is 1.30. The highest BCUT2D eigenvalue weighted by molar-refractivity contribution is 9.09. The Morgan fingerprint density at radius 3 is 2.20 bits per heavy atom. The molecule has 0 aromatic carbocycles. The van der Waals surface area contributed by atoms with Gasteiger partial charge < -0.3 is 0 Å². The van der Waals surface area contributed by atoms with E-state index in [4.69, 9.17) is 0 Å². The molecule has 0 aromatic rings. The maximum Gasteiger partial charge on any atom is 0.102 e. The third-order valence-corrected chi connectivity index (χ3v) is 0.412. The normalized spacial score (nSPS) is 15.0. The fourth-order valence-corrected chi connectivity index (χ4v) is 0. The molecule has 1 radical (unpaired) electrons. The van der Waals surface area contributed by atoms with Crippen LogP contribution in [-0.2, 0) is 0 Å². The molecule has 0 fully saturated rings. The van der Waals surface area contributed by atoms with Crippen molar-refractivity contribution in [3.8, 4) is 0 Å². The smallest absolute Gasteiger partial charge is 0.102 e. The van der Waals surface area contributed by atoms with Gasteiger partial charge in [-0.2, -0.15) is 0 Å². The fraction of sp³-hybridized carbons (Fsp3) is 0.667. The second-order valence-corrected chi connectivity index (χ2v) is 2.05. The van der Waals surface area contributed by atoms with Gasteiger partial charge >= 0.3 is 0 Å². The molecule has 0 aliphatic carbocycles. The van der Waals surface area contributed by atoms with E-state index in [0.29, 0.717) is 0 Å². The SMILES string of the molecule is [CH2]C(Br)CF. The highest BCUT2D eigenvalue weighted by atomic mass is 79.9. The molecule has 0 N–H and O–H groups in total. The Morgan fingerprint density at radius 1 is 2.00 bits per heavy atom. The van der Waals surface area contributed by atoms with E-state index in [0.717, 1.165) is 0 Å². The van der Waals surface area contributed by atoms with Crippen LogP contribution in [0.3, 0.4) is 0 Å². The van der Waals surface area contributed by atoms with E-state index in [1.807, 2.05) is 0 Å². The quantitative estimate of drug-likeness (QED) is 0.484. The topological polar surface area (TPSA) is 0 Å². The molecule has 0 aliphatic heterocycles. The average molecular weight is 140 g/mol. The Bertz CT molecular complexity index is 20.9. The Balaban J connectivity index is 2.54. The molecule has 5 heavy (non-hydrogen) atoms. The van der Waals surface area contributed by atoms with Crippen LogP contribution in [0, 0.1) is 6.92 Å². The van der Waals surface area contributed by atoms with Gasteiger partial charge in [-0.15, -0.1) is 0 Å². The highest BCUT2D eigenvalue weighted by Crippen LogP contribution is 1.93. The van der Waals surface area contributed by atoms with Gasteiger partial charge in [-0.3, -0.25) is 0 Å². The summed E-state index contributed by atoms with van der Waals surface area (Å²) in [6.07, 6.45) is 0. The maximum absolute atomic E-state index is 11.0. The van der Waals surface area contributed by atoms with Gasteiger partial charge in [0.15, 0.2) is 0 Å². The molecule has 1 atom stereocenters. The van der Waals surface area contributed by atoms with Crippen LogP contribution in [0.5, 0.6) is 0 Å². The summed E-state index contributed by atoms with van der Waals surface area (Å²) in [6, 6.07) is 0. The summed E-state index contributed by atoms with van der Waals surface area (Å²) < 4.78 is 11.0. The zero-order valence-electron chi connectivity index (χ0n) is 2.75. The number of alkyl halides is 2. The molecule has 31 valence electrons. The first kappa shape index (κ1) is 5.41. The minimum absolute atomic E-state index is 0.220. The third kappa shape index (κ3) is 4.41. The summed E-state index contributed by atoms with van der Waals surface area (Å²) in [6.45, 7) is 2.91. The Labute approximate surface area is 39.5 Å². The lowest BCUT2D eigenvalue weighted by Crippen LogP contribution is -1.88. The lowest BCUT2D eigenvalue weighted by atomic mass is 10.6. The second kappa shape index (κ2) is 2.64. The van der Waals surface area contributed by atoms with Gasteiger partial charge in [-0.1, -0.05) is 15.9 Å². The highest BCUT2D eigenvalue weighted by Gasteiger charge is 1.86. The standard InChI is InChI=1S/C3H5BrF/c1-3(4)2-5/h3H,1-2H2. The lowest BCUT2D eigenvalue weighted by molar-refractivity contribution is 0.509. The van der Waals surface area contributed by atoms with Crippen LogP contribution in [0.2, 0.25) is 0 Å². The van der Waals surface area contributed by atoms with E-state index in [9.17, 15) is 4.39 Å². The number of hydrogen-bond donors (Lipinski definition) is 0. The molecular formula is C3H5BrF. The van der Waals surface area contributed by atoms with Crippen LogP contribution in [0.15, 0.2) is 0 Å². The molecule has 0 saturated heterocycles. The first-order valence-corrected chi connectivity index (χ1v) is 2.22. The summed E-state index contributed by atoms with van der Waals surface area (Å²) in [5, 5.41) is 0. The van der Waals surface area contributed by atoms with Crippen molar-refractivity contribution in [1.82, 2.24) is 0 Å². The average Bonchev–Trinajstić information content (AvgIpc) is 1.38. The van der Waals surface area contributed by atoms with Crippen molar-refractivity contribution in [1.29, 1.82) is 0 Å². The van der Waals surface area contributed by atoms with Gasteiger partial charge in [0.25, 0.3) is 0 Å². The van der Waals surface area contributed by atoms with E-state index in [1.54, 1.807) is 0 Å². The van der Waals surface area contributed by atoms with Gasteiger partial charge in [-0.05, 0) is 6.92 Å². The van der Waals surface area contributed by atoms with Crippen molar-refractivity contribution in [2.75, 3.05) is 6.67 Å². The van der Waals surface area contributed by atoms with E-state index in [1.165, 1.54) is 0 Å². The molecule has 0 spiro atoms. The molecule has 0 heterocycles. The molecule has 0 rings (SSSR count). The van der Waals surface area contributed by atoms with Gasteiger partial charge in [0, 0.05) is 4.83 Å². The van der Waals surface area contributed by atoms with Gasteiger partial charge in [0.1, 0.15) is 6.67 Å². The predicted molar refractivity (Wildman–Crippen MR) is 24.0 cm³/mol. The third-order valence-electron chi connectivity index (χ3n) is 0.167. The fourth-order valence-electron chi connectivity index (χ4n) is 0. The first-order chi connectivity index (χ1) is 2.27. The van der Waals surface area contributed by atoms with Crippen molar-refractivity contribution in [3.05, 3.63) is 6.92 Å². The van der Waals surface area contributed by atoms with Gasteiger partial charge in [-0.25, -0.2) is 4.39 Å². The van der Waals surface area contributed by atoms with Crippen LogP contribution >= 0.6 is 15.9 Å². The number of halogens is 2. The minimum Gasteiger partial charge on any atom is -0.250 e. The molecule has 0 nitrogen and oxygen atoms in total. The predicted octanol–water partition coefficient (Wildman–Crippen LogP) is 1.55. The Morgan fingerprint density at radius 2 is 2.20 bits per heavy atom. The van der Waals surface area contributed by atoms with E-state index < -0.39 is 0 Å². The van der Waals surface area contributed by atoms with E-state index in [2.05, 4.69) is 22.9 Å². The molecule has 1 unspecified atom stereocenters. The van der Waals surface area contributed by atoms with Crippen molar-refractivity contribution in [2.24, 2.45) is 0 Å². The summed E-state index contributed by atoms with van der Waals surface area (Å²) in [4.78, 5) is -0.220. The summed E-state index contributed by atoms with van der Waals surface area (Å²) in [5.74, 6) is 0. The Kier molecular flexibility index (Phi) is 2.85. The van der Waals surface area contributed by atoms with Crippen molar-refractivity contribution in [2.45, 2.75) is 4.83 Å². The van der Waals surface area contributed by atoms with Gasteiger partial charge in [0.05, 0.1) is 0 Å². The maximum atomic E-state index is 11.0. The van der Waals surface area contributed by atoms with Crippen molar-refractivity contribution in [3.63, 3.8) is 0 Å². The van der Waals surface area contributed by atoms with Crippen LogP contribution < -0.4 is 0 Å². The monoisotopic (exact) mass is 139 g/mol. The van der Waals surface area contributed by atoms with Crippen molar-refractivity contribution >= 4 is 15.9 Å². The number of hydrogen-bond acceptors (Lipinski definition) is 0. The molecule has 0 bridgehead atoms. The van der Waals surface area contributed by atoms with Crippen LogP contribution in [-0.4, -0.2) is 11.5 Å². The molecule has 0 amide bonds. The Hall–Kier alpha value is 0.410. The van der Waals surface area contributed by atoms with Crippen LogP contribution in [0.4, 0.5) is 4.39 Å². The molecular weight excluding hydrogens is 135 g/mol. The zero-order valence-corrected chi connectivity index (χ0v) is 4.33. The molecule has 0 aliphatic rings. The summed E-state index contributed by atoms with van der Waals surface area (Å²) >= 11 is 2.89. The number of rotatable bonds is 1. The summed E-state index contributed by atoms with van der Waals surface area (Å²) in [5.41, 5.74) is 0. The lowest BCUT2D eigenvalue weighted by Gasteiger charge is -1.84. The molecule has 2 heteroatoms. The molecule has 0 aromatic heterocycles. The molecule has 0 saturated carbocycles. The van der Waals surface area contributed by atoms with E-state index in [-0.39, 0.29) is 11.5 Å². The zero-order chi connectivity index (χ0) is 4.28. The minimum atomic E-state index is -0.389. The van der Waals surface area contributed by atoms with Crippen molar-refractivity contribution < 1.29 is 4.39 Å². The van der Waals surface area contributed by atoms with Gasteiger partial charge in [0.2, 0.25) is 0 Å². The van der Waals surface area contributed by atoms with E-state index >= 15 is 0 Å². The second-order valence-electron chi connectivity index (χ2n) is 0.752.